The van der Waals surface area contributed by atoms with Crippen LogP contribution in [-0.2, 0) is 10.0 Å². The van der Waals surface area contributed by atoms with Gasteiger partial charge in [-0.2, -0.15) is 0 Å². The van der Waals surface area contributed by atoms with Crippen molar-refractivity contribution in [3.05, 3.63) is 29.8 Å². The highest BCUT2D eigenvalue weighted by Gasteiger charge is 2.43. The normalized spacial score (nSPS) is 21.1. The second-order valence-corrected chi connectivity index (χ2v) is 7.78. The van der Waals surface area contributed by atoms with Gasteiger partial charge in [-0.05, 0) is 62.1 Å². The summed E-state index contributed by atoms with van der Waals surface area (Å²) in [5.74, 6) is 1.05. The van der Waals surface area contributed by atoms with Gasteiger partial charge in [-0.1, -0.05) is 12.1 Å². The van der Waals surface area contributed by atoms with Gasteiger partial charge in [0.1, 0.15) is 0 Å². The molecule has 1 aromatic carbocycles. The molecule has 0 spiro atoms. The van der Waals surface area contributed by atoms with E-state index in [-0.39, 0.29) is 10.9 Å². The van der Waals surface area contributed by atoms with E-state index < -0.39 is 16.1 Å². The topological polar surface area (TPSA) is 66.4 Å². The van der Waals surface area contributed by atoms with E-state index in [0.717, 1.165) is 25.7 Å². The van der Waals surface area contributed by atoms with Crippen molar-refractivity contribution in [2.45, 2.75) is 49.6 Å². The Labute approximate surface area is 120 Å². The fourth-order valence-electron chi connectivity index (χ4n) is 2.68. The lowest BCUT2D eigenvalue weighted by Gasteiger charge is -2.18. The molecule has 0 aliphatic heterocycles. The zero-order valence-corrected chi connectivity index (χ0v) is 12.4. The smallest absolute Gasteiger partial charge is 0.240 e. The lowest BCUT2D eigenvalue weighted by molar-refractivity contribution is 0.199. The van der Waals surface area contributed by atoms with Crippen molar-refractivity contribution in [2.75, 3.05) is 0 Å². The van der Waals surface area contributed by atoms with Crippen LogP contribution in [0.15, 0.2) is 29.2 Å². The molecule has 0 radical (unpaired) electrons. The number of sulfonamides is 1. The Morgan fingerprint density at radius 3 is 2.30 bits per heavy atom. The highest BCUT2D eigenvalue weighted by atomic mass is 32.2. The molecular formula is C15H21NO3S. The third-order valence-corrected chi connectivity index (χ3v) is 5.66. The zero-order valence-electron chi connectivity index (χ0n) is 11.6. The lowest BCUT2D eigenvalue weighted by Crippen LogP contribution is -2.38. The number of aliphatic hydroxyl groups excluding tert-OH is 1. The summed E-state index contributed by atoms with van der Waals surface area (Å²) in [5, 5.41) is 9.58. The molecule has 0 amide bonds. The van der Waals surface area contributed by atoms with Crippen molar-refractivity contribution in [3.8, 4) is 0 Å². The standard InChI is InChI=1S/C15H21NO3S/c1-10(17)13-3-2-4-14(9-13)20(18,19)16-15(11-5-6-11)12-7-8-12/h2-4,9-12,15-17H,5-8H2,1H3. The van der Waals surface area contributed by atoms with Crippen LogP contribution in [0.5, 0.6) is 0 Å². The Hall–Kier alpha value is -0.910. The van der Waals surface area contributed by atoms with Crippen LogP contribution < -0.4 is 4.72 Å². The summed E-state index contributed by atoms with van der Waals surface area (Å²) in [4.78, 5) is 0.252. The quantitative estimate of drug-likeness (QED) is 0.845. The maximum atomic E-state index is 12.5. The number of aliphatic hydroxyl groups is 1. The molecule has 5 heteroatoms. The summed E-state index contributed by atoms with van der Waals surface area (Å²) in [5.41, 5.74) is 0.627. The first kappa shape index (κ1) is 14.0. The minimum atomic E-state index is -3.49. The third kappa shape index (κ3) is 3.05. The van der Waals surface area contributed by atoms with Crippen molar-refractivity contribution in [1.29, 1.82) is 0 Å². The average Bonchev–Trinajstić information content (AvgIpc) is 3.29. The second kappa shape index (κ2) is 5.13. The van der Waals surface area contributed by atoms with Gasteiger partial charge in [-0.25, -0.2) is 13.1 Å². The summed E-state index contributed by atoms with van der Waals surface area (Å²) in [7, 11) is -3.49. The SMILES string of the molecule is CC(O)c1cccc(S(=O)(=O)NC(C2CC2)C2CC2)c1. The van der Waals surface area contributed by atoms with Crippen LogP contribution in [0.2, 0.25) is 0 Å². The molecule has 2 N–H and O–H groups in total. The van der Waals surface area contributed by atoms with Gasteiger partial charge < -0.3 is 5.11 Å². The van der Waals surface area contributed by atoms with Gasteiger partial charge in [0.05, 0.1) is 11.0 Å². The molecule has 0 bridgehead atoms. The van der Waals surface area contributed by atoms with Gasteiger partial charge in [0.15, 0.2) is 0 Å². The first-order valence-corrected chi connectivity index (χ1v) is 8.76. The average molecular weight is 295 g/mol. The van der Waals surface area contributed by atoms with Gasteiger partial charge in [0.25, 0.3) is 0 Å². The molecule has 0 saturated heterocycles. The Kier molecular flexibility index (Phi) is 3.60. The summed E-state index contributed by atoms with van der Waals surface area (Å²) < 4.78 is 27.9. The minimum Gasteiger partial charge on any atom is -0.389 e. The molecule has 1 unspecified atom stereocenters. The maximum absolute atomic E-state index is 12.5. The van der Waals surface area contributed by atoms with Crippen LogP contribution in [0.1, 0.15) is 44.3 Å². The van der Waals surface area contributed by atoms with Crippen LogP contribution >= 0.6 is 0 Å². The van der Waals surface area contributed by atoms with Gasteiger partial charge in [0.2, 0.25) is 10.0 Å². The molecule has 110 valence electrons. The molecule has 4 nitrogen and oxygen atoms in total. The Balaban J connectivity index is 1.81. The van der Waals surface area contributed by atoms with E-state index in [9.17, 15) is 13.5 Å². The molecule has 20 heavy (non-hydrogen) atoms. The predicted molar refractivity (Wildman–Crippen MR) is 76.6 cm³/mol. The fraction of sp³-hybridized carbons (Fsp3) is 0.600. The number of hydrogen-bond donors (Lipinski definition) is 2. The minimum absolute atomic E-state index is 0.107. The Bertz CT molecular complexity index is 577. The van der Waals surface area contributed by atoms with Gasteiger partial charge in [0, 0.05) is 6.04 Å². The van der Waals surface area contributed by atoms with Crippen molar-refractivity contribution < 1.29 is 13.5 Å². The fourth-order valence-corrected chi connectivity index (χ4v) is 4.11. The van der Waals surface area contributed by atoms with Crippen molar-refractivity contribution in [1.82, 2.24) is 4.72 Å². The van der Waals surface area contributed by atoms with Gasteiger partial charge in [-0.3, -0.25) is 0 Å². The third-order valence-electron chi connectivity index (χ3n) is 4.20. The number of benzene rings is 1. The summed E-state index contributed by atoms with van der Waals surface area (Å²) in [6, 6.07) is 6.67. The molecule has 0 heterocycles. The maximum Gasteiger partial charge on any atom is 0.240 e. The van der Waals surface area contributed by atoms with Crippen LogP contribution in [-0.4, -0.2) is 19.6 Å². The summed E-state index contributed by atoms with van der Waals surface area (Å²) in [6.07, 6.45) is 3.89. The van der Waals surface area contributed by atoms with Crippen LogP contribution in [0.3, 0.4) is 0 Å². The van der Waals surface area contributed by atoms with Gasteiger partial charge >= 0.3 is 0 Å². The van der Waals surface area contributed by atoms with Gasteiger partial charge in [-0.15, -0.1) is 0 Å². The van der Waals surface area contributed by atoms with E-state index in [1.807, 2.05) is 0 Å². The predicted octanol–water partition coefficient (Wildman–Crippen LogP) is 2.21. The van der Waals surface area contributed by atoms with E-state index >= 15 is 0 Å². The van der Waals surface area contributed by atoms with Crippen LogP contribution in [0.25, 0.3) is 0 Å². The van der Waals surface area contributed by atoms with Crippen molar-refractivity contribution in [3.63, 3.8) is 0 Å². The molecule has 0 aromatic heterocycles. The summed E-state index contributed by atoms with van der Waals surface area (Å²) >= 11 is 0. The highest BCUT2D eigenvalue weighted by molar-refractivity contribution is 7.89. The highest BCUT2D eigenvalue weighted by Crippen LogP contribution is 2.45. The second-order valence-electron chi connectivity index (χ2n) is 6.07. The molecular weight excluding hydrogens is 274 g/mol. The lowest BCUT2D eigenvalue weighted by atomic mass is 10.1. The van der Waals surface area contributed by atoms with Crippen LogP contribution in [0.4, 0.5) is 0 Å². The number of hydrogen-bond acceptors (Lipinski definition) is 3. The zero-order chi connectivity index (χ0) is 14.3. The number of nitrogens with one attached hydrogen (secondary N) is 1. The first-order valence-electron chi connectivity index (χ1n) is 7.28. The van der Waals surface area contributed by atoms with Crippen molar-refractivity contribution >= 4 is 10.0 Å². The Morgan fingerprint density at radius 2 is 1.80 bits per heavy atom. The largest absolute Gasteiger partial charge is 0.389 e. The molecule has 2 aliphatic rings. The Morgan fingerprint density at radius 1 is 1.20 bits per heavy atom. The molecule has 2 saturated carbocycles. The van der Waals surface area contributed by atoms with E-state index in [1.54, 1.807) is 31.2 Å². The van der Waals surface area contributed by atoms with Crippen LogP contribution in [0, 0.1) is 11.8 Å². The van der Waals surface area contributed by atoms with E-state index in [4.69, 9.17) is 0 Å². The molecule has 1 atom stereocenters. The molecule has 2 aliphatic carbocycles. The van der Waals surface area contributed by atoms with Crippen molar-refractivity contribution in [2.24, 2.45) is 11.8 Å². The van der Waals surface area contributed by atoms with E-state index in [1.165, 1.54) is 0 Å². The van der Waals surface area contributed by atoms with E-state index in [2.05, 4.69) is 4.72 Å². The summed E-state index contributed by atoms with van der Waals surface area (Å²) in [6.45, 7) is 1.64. The molecule has 1 aromatic rings. The molecule has 2 fully saturated rings. The number of rotatable bonds is 6. The first-order chi connectivity index (χ1) is 9.47. The van der Waals surface area contributed by atoms with E-state index in [0.29, 0.717) is 17.4 Å². The molecule has 3 rings (SSSR count). The monoisotopic (exact) mass is 295 g/mol.